The number of thioether (sulfide) groups is 1. The van der Waals surface area contributed by atoms with Gasteiger partial charge in [0.2, 0.25) is 5.91 Å². The van der Waals surface area contributed by atoms with Crippen LogP contribution in [0.15, 0.2) is 11.6 Å². The van der Waals surface area contributed by atoms with Crippen LogP contribution < -0.4 is 5.32 Å². The van der Waals surface area contributed by atoms with Gasteiger partial charge in [-0.1, -0.05) is 11.6 Å². The number of carbonyl (C=O) groups excluding carboxylic acids is 1. The maximum Gasteiger partial charge on any atom is 0.237 e. The molecule has 0 aromatic carbocycles. The molecule has 2 rings (SSSR count). The highest BCUT2D eigenvalue weighted by Gasteiger charge is 2.22. The molecule has 1 aliphatic carbocycles. The first-order valence-corrected chi connectivity index (χ1v) is 8.20. The molecule has 0 saturated carbocycles. The number of rotatable bonds is 5. The molecule has 1 heterocycles. The van der Waals surface area contributed by atoms with E-state index in [4.69, 9.17) is 0 Å². The lowest BCUT2D eigenvalue weighted by Gasteiger charge is -2.31. The zero-order valence-electron chi connectivity index (χ0n) is 11.3. The van der Waals surface area contributed by atoms with Crippen LogP contribution in [0.4, 0.5) is 0 Å². The lowest BCUT2D eigenvalue weighted by atomic mass is 10.1. The fourth-order valence-electron chi connectivity index (χ4n) is 2.59. The maximum atomic E-state index is 12.0. The van der Waals surface area contributed by atoms with Crippen molar-refractivity contribution in [3.8, 4) is 0 Å². The molecule has 1 atom stereocenters. The number of nitrogens with one attached hydrogen (secondary N) is 1. The van der Waals surface area contributed by atoms with Crippen molar-refractivity contribution in [3.63, 3.8) is 0 Å². The van der Waals surface area contributed by atoms with Crippen molar-refractivity contribution in [1.82, 2.24) is 10.2 Å². The van der Waals surface area contributed by atoms with E-state index in [-0.39, 0.29) is 11.9 Å². The van der Waals surface area contributed by atoms with Crippen LogP contribution in [0.2, 0.25) is 0 Å². The Kier molecular flexibility index (Phi) is 5.57. The van der Waals surface area contributed by atoms with Crippen LogP contribution >= 0.6 is 11.8 Å². The quantitative estimate of drug-likeness (QED) is 0.775. The maximum absolute atomic E-state index is 12.0. The molecule has 0 aromatic rings. The Balaban J connectivity index is 1.66. The van der Waals surface area contributed by atoms with E-state index < -0.39 is 0 Å². The van der Waals surface area contributed by atoms with Crippen LogP contribution in [0.3, 0.4) is 0 Å². The molecule has 4 heteroatoms. The van der Waals surface area contributed by atoms with Crippen LogP contribution in [0.5, 0.6) is 0 Å². The Morgan fingerprint density at radius 3 is 2.94 bits per heavy atom. The van der Waals surface area contributed by atoms with Gasteiger partial charge in [0, 0.05) is 31.1 Å². The van der Waals surface area contributed by atoms with Gasteiger partial charge in [0.15, 0.2) is 0 Å². The molecule has 3 nitrogen and oxygen atoms in total. The fraction of sp³-hybridized carbons (Fsp3) is 0.786. The second-order valence-corrected chi connectivity index (χ2v) is 6.34. The number of hydrogen-bond acceptors (Lipinski definition) is 3. The summed E-state index contributed by atoms with van der Waals surface area (Å²) in [6, 6.07) is 0.0310. The minimum absolute atomic E-state index is 0.0310. The molecule has 1 aliphatic heterocycles. The zero-order valence-corrected chi connectivity index (χ0v) is 12.1. The molecule has 1 saturated heterocycles. The van der Waals surface area contributed by atoms with Gasteiger partial charge in [0.05, 0.1) is 6.04 Å². The highest BCUT2D eigenvalue weighted by Crippen LogP contribution is 2.19. The van der Waals surface area contributed by atoms with Crippen molar-refractivity contribution < 1.29 is 4.79 Å². The van der Waals surface area contributed by atoms with Crippen LogP contribution in [-0.2, 0) is 4.79 Å². The molecular weight excluding hydrogens is 244 g/mol. The van der Waals surface area contributed by atoms with Crippen molar-refractivity contribution in [2.24, 2.45) is 0 Å². The van der Waals surface area contributed by atoms with E-state index >= 15 is 0 Å². The summed E-state index contributed by atoms with van der Waals surface area (Å²) in [5.41, 5.74) is 1.53. The van der Waals surface area contributed by atoms with Crippen molar-refractivity contribution in [2.45, 2.75) is 38.6 Å². The smallest absolute Gasteiger partial charge is 0.237 e. The van der Waals surface area contributed by atoms with Gasteiger partial charge in [-0.05, 0) is 32.6 Å². The molecule has 0 aromatic heterocycles. The number of allylic oxidation sites excluding steroid dienone is 1. The molecule has 0 radical (unpaired) electrons. The molecule has 18 heavy (non-hydrogen) atoms. The summed E-state index contributed by atoms with van der Waals surface area (Å²) in [5, 5.41) is 3.08. The lowest BCUT2D eigenvalue weighted by molar-refractivity contribution is -0.125. The predicted octanol–water partition coefficient (Wildman–Crippen LogP) is 2.04. The van der Waals surface area contributed by atoms with Gasteiger partial charge in [-0.25, -0.2) is 0 Å². The van der Waals surface area contributed by atoms with E-state index in [1.54, 1.807) is 0 Å². The fourth-order valence-corrected chi connectivity index (χ4v) is 3.52. The molecule has 1 N–H and O–H groups in total. The van der Waals surface area contributed by atoms with Gasteiger partial charge in [-0.2, -0.15) is 11.8 Å². The summed E-state index contributed by atoms with van der Waals surface area (Å²) < 4.78 is 0. The third kappa shape index (κ3) is 4.02. The Labute approximate surface area is 114 Å². The highest BCUT2D eigenvalue weighted by atomic mass is 32.2. The summed E-state index contributed by atoms with van der Waals surface area (Å²) in [5.74, 6) is 2.51. The van der Waals surface area contributed by atoms with Crippen molar-refractivity contribution in [3.05, 3.63) is 11.6 Å². The Bertz CT molecular complexity index is 311. The monoisotopic (exact) mass is 268 g/mol. The molecule has 0 unspecified atom stereocenters. The van der Waals surface area contributed by atoms with E-state index in [1.165, 1.54) is 24.8 Å². The predicted molar refractivity (Wildman–Crippen MR) is 77.9 cm³/mol. The minimum Gasteiger partial charge on any atom is -0.354 e. The first-order valence-electron chi connectivity index (χ1n) is 7.05. The molecule has 1 fully saturated rings. The van der Waals surface area contributed by atoms with Crippen molar-refractivity contribution in [2.75, 3.05) is 31.1 Å². The average molecular weight is 268 g/mol. The van der Waals surface area contributed by atoms with E-state index in [0.717, 1.165) is 37.6 Å². The second-order valence-electron chi connectivity index (χ2n) is 5.12. The average Bonchev–Trinajstić information content (AvgIpc) is 2.92. The van der Waals surface area contributed by atoms with Crippen LogP contribution in [0, 0.1) is 0 Å². The van der Waals surface area contributed by atoms with Gasteiger partial charge in [0.25, 0.3) is 0 Å². The summed E-state index contributed by atoms with van der Waals surface area (Å²) in [6.45, 7) is 4.92. The van der Waals surface area contributed by atoms with Gasteiger partial charge < -0.3 is 5.32 Å². The number of carbonyl (C=O) groups is 1. The van der Waals surface area contributed by atoms with Crippen LogP contribution in [0.25, 0.3) is 0 Å². The third-order valence-corrected chi connectivity index (χ3v) is 4.80. The van der Waals surface area contributed by atoms with Gasteiger partial charge in [-0.3, -0.25) is 9.69 Å². The minimum atomic E-state index is 0.0310. The van der Waals surface area contributed by atoms with Crippen LogP contribution in [-0.4, -0.2) is 48.0 Å². The van der Waals surface area contributed by atoms with E-state index in [0.29, 0.717) is 0 Å². The summed E-state index contributed by atoms with van der Waals surface area (Å²) in [6.07, 6.45) is 7.12. The Hall–Kier alpha value is -0.480. The van der Waals surface area contributed by atoms with Crippen LogP contribution in [0.1, 0.15) is 32.6 Å². The Morgan fingerprint density at radius 2 is 2.28 bits per heavy atom. The first kappa shape index (κ1) is 13.9. The summed E-state index contributed by atoms with van der Waals surface area (Å²) in [4.78, 5) is 14.3. The van der Waals surface area contributed by atoms with Gasteiger partial charge >= 0.3 is 0 Å². The standard InChI is InChI=1S/C14H24N2OS/c1-12(16-8-10-18-11-9-16)14(17)15-7-6-13-4-2-3-5-13/h4,12H,2-3,5-11H2,1H3,(H,15,17)/t12-/m1/s1. The highest BCUT2D eigenvalue weighted by molar-refractivity contribution is 7.99. The summed E-state index contributed by atoms with van der Waals surface area (Å²) >= 11 is 1.98. The topological polar surface area (TPSA) is 32.3 Å². The molecular formula is C14H24N2OS. The largest absolute Gasteiger partial charge is 0.354 e. The summed E-state index contributed by atoms with van der Waals surface area (Å²) in [7, 11) is 0. The molecule has 2 aliphatic rings. The molecule has 0 bridgehead atoms. The van der Waals surface area contributed by atoms with E-state index in [1.807, 2.05) is 18.7 Å². The van der Waals surface area contributed by atoms with E-state index in [2.05, 4.69) is 16.3 Å². The molecule has 1 amide bonds. The van der Waals surface area contributed by atoms with Crippen molar-refractivity contribution >= 4 is 17.7 Å². The Morgan fingerprint density at radius 1 is 1.50 bits per heavy atom. The zero-order chi connectivity index (χ0) is 12.8. The van der Waals surface area contributed by atoms with Crippen molar-refractivity contribution in [1.29, 1.82) is 0 Å². The van der Waals surface area contributed by atoms with E-state index in [9.17, 15) is 4.79 Å². The molecule has 102 valence electrons. The number of hydrogen-bond donors (Lipinski definition) is 1. The van der Waals surface area contributed by atoms with Gasteiger partial charge in [-0.15, -0.1) is 0 Å². The normalized spacial score (nSPS) is 22.6. The van der Waals surface area contributed by atoms with Gasteiger partial charge in [0.1, 0.15) is 0 Å². The number of amides is 1. The number of nitrogens with zero attached hydrogens (tertiary/aromatic N) is 1. The lowest BCUT2D eigenvalue weighted by Crippen LogP contribution is -2.48. The molecule has 0 spiro atoms. The second kappa shape index (κ2) is 7.19. The SMILES string of the molecule is C[C@H](C(=O)NCCC1=CCCC1)N1CCSCC1. The third-order valence-electron chi connectivity index (χ3n) is 3.85. The first-order chi connectivity index (χ1) is 8.77.